The minimum absolute atomic E-state index is 0.333. The Bertz CT molecular complexity index is 38.8. The third kappa shape index (κ3) is 424. The maximum atomic E-state index is 8.36. The van der Waals surface area contributed by atoms with Crippen LogP contribution in [0.25, 0.3) is 0 Å². The van der Waals surface area contributed by atoms with Crippen molar-refractivity contribution in [3.8, 4) is 0 Å². The first-order valence-corrected chi connectivity index (χ1v) is 1.80. The second kappa shape index (κ2) is 9.02. The van der Waals surface area contributed by atoms with E-state index in [4.69, 9.17) is 16.4 Å². The van der Waals surface area contributed by atoms with Gasteiger partial charge in [0, 0.05) is 0 Å². The Kier molecular flexibility index (Phi) is 14.4. The van der Waals surface area contributed by atoms with Crippen LogP contribution in [0.4, 0.5) is 0 Å². The van der Waals surface area contributed by atoms with E-state index in [1.54, 1.807) is 0 Å². The first-order chi connectivity index (χ1) is 2.73. The van der Waals surface area contributed by atoms with Gasteiger partial charge in [-0.05, 0) is 0 Å². The van der Waals surface area contributed by atoms with Crippen molar-refractivity contribution in [2.45, 2.75) is 0 Å². The average Bonchev–Trinajstić information content (AvgIpc) is 1.41. The molecule has 0 saturated heterocycles. The molecule has 0 rings (SSSR count). The Morgan fingerprint density at radius 3 is 1.67 bits per heavy atom. The molecule has 36 valence electrons. The van der Waals surface area contributed by atoms with Gasteiger partial charge in [-0.2, -0.15) is 0 Å². The van der Waals surface area contributed by atoms with E-state index in [0.717, 1.165) is 0 Å². The maximum absolute atomic E-state index is 8.36. The molecule has 6 heavy (non-hydrogen) atoms. The summed E-state index contributed by atoms with van der Waals surface area (Å²) in [5.41, 5.74) is 0. The fourth-order valence-electron chi connectivity index (χ4n) is 0. The summed E-state index contributed by atoms with van der Waals surface area (Å²) >= 11 is 0.333. The summed E-state index contributed by atoms with van der Waals surface area (Å²) in [6, 6.07) is 0. The molecule has 0 aliphatic heterocycles. The van der Waals surface area contributed by atoms with Gasteiger partial charge in [-0.15, -0.1) is 10.1 Å². The number of hydrogen-bond acceptors (Lipinski definition) is 3. The predicted molar refractivity (Wildman–Crippen MR) is 9.47 cm³/mol. The number of rotatable bonds is 0. The van der Waals surface area contributed by atoms with Crippen LogP contribution in [0, 0.1) is 48.6 Å². The van der Waals surface area contributed by atoms with Crippen molar-refractivity contribution in [3.63, 3.8) is 0 Å². The molecule has 5 nitrogen and oxygen atoms in total. The van der Waals surface area contributed by atoms with Gasteiger partial charge in [-0.25, -0.2) is 0 Å². The van der Waals surface area contributed by atoms with Crippen molar-refractivity contribution >= 4 is 0 Å². The van der Waals surface area contributed by atoms with E-state index >= 15 is 0 Å². The molecule has 0 aromatic carbocycles. The van der Waals surface area contributed by atoms with Crippen LogP contribution in [-0.2, 0) is 1.11 Å². The van der Waals surface area contributed by atoms with E-state index in [9.17, 15) is 0 Å². The molecule has 0 aromatic rings. The van der Waals surface area contributed by atoms with Crippen molar-refractivity contribution in [1.82, 2.24) is 0 Å². The van der Waals surface area contributed by atoms with E-state index in [-0.39, 0.29) is 0 Å². The Morgan fingerprint density at radius 1 is 1.67 bits per heavy atom. The van der Waals surface area contributed by atoms with Crippen molar-refractivity contribution in [1.29, 1.82) is 0 Å². The molecule has 0 fully saturated rings. The zero-order valence-electron chi connectivity index (χ0n) is 2.53. The van der Waals surface area contributed by atoms with E-state index in [1.807, 2.05) is 0 Å². The first-order valence-electron chi connectivity index (χ1n) is 0.732. The Labute approximate surface area is 59.6 Å². The molecule has 0 atom stereocenters. The summed E-state index contributed by atoms with van der Waals surface area (Å²) in [5.74, 6) is 0. The molecule has 0 radical (unpaired) electrons. The normalized spacial score (nSPS) is 4.67. The molecule has 6 heteroatoms. The molecule has 0 heterocycles. The van der Waals surface area contributed by atoms with Crippen LogP contribution in [0.3, 0.4) is 0 Å². The van der Waals surface area contributed by atoms with Gasteiger partial charge in [-0.1, -0.05) is 0 Å². The van der Waals surface area contributed by atoms with Gasteiger partial charge in [-0.3, -0.25) is 0 Å². The van der Waals surface area contributed by atoms with Crippen LogP contribution >= 0.6 is 0 Å². The van der Waals surface area contributed by atoms with Crippen LogP contribution < -0.4 is 0 Å². The van der Waals surface area contributed by atoms with Crippen molar-refractivity contribution in [3.05, 3.63) is 10.1 Å². The van der Waals surface area contributed by atoms with Crippen LogP contribution in [0.5, 0.6) is 0 Å². The zero-order valence-corrected chi connectivity index (χ0v) is 5.15. The molecule has 0 aromatic heterocycles. The summed E-state index contributed by atoms with van der Waals surface area (Å²) in [7, 11) is 0. The van der Waals surface area contributed by atoms with Crippen LogP contribution in [0.2, 0.25) is 0 Å². The molecule has 0 aliphatic carbocycles. The molecule has 1 N–H and O–H groups in total. The number of nitrogens with zero attached hydrogens (tertiary/aromatic N) is 1. The third-order valence-corrected chi connectivity index (χ3v) is 0. The average molecular weight is 229 g/mol. The predicted octanol–water partition coefficient (Wildman–Crippen LogP) is -0.467. The fraction of sp³-hybridized carbons (Fsp3) is 0. The standard InChI is InChI=1S/HNO3.O.Sm/c2-1(3)4;;/h(H,2,3,4);;. The van der Waals surface area contributed by atoms with E-state index in [2.05, 4.69) is 0 Å². The second-order valence-electron chi connectivity index (χ2n) is 0.238. The fourth-order valence-corrected chi connectivity index (χ4v) is 0. The molecule has 0 unspecified atom stereocenters. The van der Waals surface area contributed by atoms with Gasteiger partial charge in [0.1, 0.15) is 0 Å². The Hall–Kier alpha value is 0.338. The van der Waals surface area contributed by atoms with Gasteiger partial charge in [0.2, 0.25) is 0 Å². The third-order valence-electron chi connectivity index (χ3n) is 0. The molecular formula is HNO4Sm. The minimum atomic E-state index is -1.50. The molecule has 0 bridgehead atoms. The van der Waals surface area contributed by atoms with E-state index in [1.165, 1.54) is 0 Å². The molecule has 0 aliphatic rings. The summed E-state index contributed by atoms with van der Waals surface area (Å²) in [6.45, 7) is 0. The van der Waals surface area contributed by atoms with Gasteiger partial charge in [0.15, 0.2) is 0 Å². The first kappa shape index (κ1) is 9.60. The van der Waals surface area contributed by atoms with Crippen molar-refractivity contribution in [2.24, 2.45) is 0 Å². The van der Waals surface area contributed by atoms with Gasteiger partial charge in [0.25, 0.3) is 5.09 Å². The SMILES string of the molecule is O=[N+]([O-])O.[O]=[Sm]. The number of hydrogen-bond donors (Lipinski definition) is 1. The summed E-state index contributed by atoms with van der Waals surface area (Å²) in [6.07, 6.45) is 0. The van der Waals surface area contributed by atoms with Gasteiger partial charge >= 0.3 is 39.6 Å². The zero-order chi connectivity index (χ0) is 5.58. The Balaban J connectivity index is 0. The topological polar surface area (TPSA) is 80.4 Å². The summed E-state index contributed by atoms with van der Waals surface area (Å²) < 4.78 is 8.33. The summed E-state index contributed by atoms with van der Waals surface area (Å²) in [4.78, 5) is 8.36. The monoisotopic (exact) mass is 231 g/mol. The summed E-state index contributed by atoms with van der Waals surface area (Å²) in [5, 5.41) is 13.6. The van der Waals surface area contributed by atoms with E-state index < -0.39 is 5.09 Å². The molecule has 0 saturated carbocycles. The van der Waals surface area contributed by atoms with Crippen LogP contribution in [-0.4, -0.2) is 10.3 Å². The van der Waals surface area contributed by atoms with Crippen LogP contribution in [0.15, 0.2) is 0 Å². The van der Waals surface area contributed by atoms with Crippen LogP contribution in [0.1, 0.15) is 0 Å². The molecular weight excluding hydrogens is 228 g/mol. The quantitative estimate of drug-likeness (QED) is 0.450. The van der Waals surface area contributed by atoms with Gasteiger partial charge < -0.3 is 5.21 Å². The van der Waals surface area contributed by atoms with Gasteiger partial charge in [0.05, 0.1) is 0 Å². The Morgan fingerprint density at radius 2 is 1.67 bits per heavy atom. The van der Waals surface area contributed by atoms with Crippen molar-refractivity contribution < 1.29 is 49.9 Å². The van der Waals surface area contributed by atoms with Crippen molar-refractivity contribution in [2.75, 3.05) is 0 Å². The molecule has 0 amide bonds. The molecule has 0 spiro atoms. The van der Waals surface area contributed by atoms with E-state index in [0.29, 0.717) is 38.5 Å². The second-order valence-corrected chi connectivity index (χ2v) is 0.238.